The summed E-state index contributed by atoms with van der Waals surface area (Å²) in [5.41, 5.74) is 14.8. The lowest BCUT2D eigenvalue weighted by atomic mass is 9.98. The van der Waals surface area contributed by atoms with Crippen LogP contribution in [0.1, 0.15) is 0 Å². The second kappa shape index (κ2) is 10.8. The fourth-order valence-electron chi connectivity index (χ4n) is 8.25. The van der Waals surface area contributed by atoms with E-state index in [0.717, 1.165) is 50.7 Å². The van der Waals surface area contributed by atoms with Gasteiger partial charge < -0.3 is 14.0 Å². The van der Waals surface area contributed by atoms with Gasteiger partial charge in [0.2, 0.25) is 0 Å². The fraction of sp³-hybridized carbons (Fsp3) is 0. The van der Waals surface area contributed by atoms with Crippen LogP contribution < -0.4 is 4.90 Å². The van der Waals surface area contributed by atoms with Crippen molar-refractivity contribution in [2.75, 3.05) is 4.90 Å². The van der Waals surface area contributed by atoms with Gasteiger partial charge >= 0.3 is 0 Å². The van der Waals surface area contributed by atoms with Gasteiger partial charge in [0.25, 0.3) is 0 Å². The SMILES string of the molecule is c1ccc(-n2c3ccccc3c3c2ccc2c4cccc5c4n(c23)-c2ccccc2N5c2cc(-c3cccnc3)cc(-c3cccnc3)c2)cc1. The van der Waals surface area contributed by atoms with Gasteiger partial charge in [0.05, 0.1) is 39.1 Å². The van der Waals surface area contributed by atoms with Crippen LogP contribution in [0.5, 0.6) is 0 Å². The van der Waals surface area contributed by atoms with Crippen LogP contribution in [0.25, 0.3) is 77.2 Å². The molecule has 10 aromatic rings. The normalized spacial score (nSPS) is 12.3. The van der Waals surface area contributed by atoms with Crippen LogP contribution in [0.15, 0.2) is 176 Å². The first kappa shape index (κ1) is 27.9. The van der Waals surface area contributed by atoms with Crippen LogP contribution in [0.4, 0.5) is 17.1 Å². The number of para-hydroxylation sites is 5. The first-order valence-corrected chi connectivity index (χ1v) is 17.2. The Morgan fingerprint density at radius 3 is 1.76 bits per heavy atom. The molecule has 1 aliphatic heterocycles. The first-order chi connectivity index (χ1) is 25.3. The molecule has 0 atom stereocenters. The summed E-state index contributed by atoms with van der Waals surface area (Å²) < 4.78 is 4.92. The summed E-state index contributed by atoms with van der Waals surface area (Å²) in [6.07, 6.45) is 7.52. The minimum atomic E-state index is 1.07. The predicted octanol–water partition coefficient (Wildman–Crippen LogP) is 11.8. The van der Waals surface area contributed by atoms with E-state index in [0.29, 0.717) is 0 Å². The Labute approximate surface area is 293 Å². The van der Waals surface area contributed by atoms with Gasteiger partial charge in [0.1, 0.15) is 0 Å². The van der Waals surface area contributed by atoms with E-state index in [2.05, 4.69) is 164 Å². The Kier molecular flexibility index (Phi) is 5.89. The van der Waals surface area contributed by atoms with Gasteiger partial charge in [0.15, 0.2) is 0 Å². The smallest absolute Gasteiger partial charge is 0.0783 e. The van der Waals surface area contributed by atoms with E-state index in [9.17, 15) is 0 Å². The van der Waals surface area contributed by atoms with Crippen LogP contribution in [-0.4, -0.2) is 19.1 Å². The van der Waals surface area contributed by atoms with Crippen molar-refractivity contribution >= 4 is 60.7 Å². The van der Waals surface area contributed by atoms with Gasteiger partial charge in [0, 0.05) is 68.8 Å². The van der Waals surface area contributed by atoms with Crippen molar-refractivity contribution in [2.45, 2.75) is 0 Å². The zero-order valence-corrected chi connectivity index (χ0v) is 27.5. The molecule has 0 saturated heterocycles. The number of nitrogens with zero attached hydrogens (tertiary/aromatic N) is 5. The van der Waals surface area contributed by atoms with Gasteiger partial charge in [-0.25, -0.2) is 0 Å². The van der Waals surface area contributed by atoms with Gasteiger partial charge in [-0.2, -0.15) is 0 Å². The summed E-state index contributed by atoms with van der Waals surface area (Å²) in [6.45, 7) is 0. The largest absolute Gasteiger partial charge is 0.309 e. The average molecular weight is 652 g/mol. The van der Waals surface area contributed by atoms with Crippen molar-refractivity contribution < 1.29 is 0 Å². The molecule has 11 rings (SSSR count). The molecule has 1 aliphatic rings. The zero-order chi connectivity index (χ0) is 33.5. The summed E-state index contributed by atoms with van der Waals surface area (Å²) in [5.74, 6) is 0. The maximum absolute atomic E-state index is 4.46. The minimum Gasteiger partial charge on any atom is -0.309 e. The number of fused-ring (bicyclic) bond motifs is 9. The van der Waals surface area contributed by atoms with Crippen molar-refractivity contribution in [3.05, 3.63) is 176 Å². The number of anilines is 3. The van der Waals surface area contributed by atoms with E-state index in [1.807, 2.05) is 36.9 Å². The number of hydrogen-bond donors (Lipinski definition) is 0. The first-order valence-electron chi connectivity index (χ1n) is 17.2. The van der Waals surface area contributed by atoms with E-state index in [4.69, 9.17) is 0 Å². The topological polar surface area (TPSA) is 38.9 Å². The molecular weight excluding hydrogens is 623 g/mol. The molecule has 0 bridgehead atoms. The van der Waals surface area contributed by atoms with Crippen molar-refractivity contribution in [3.63, 3.8) is 0 Å². The molecule has 0 aliphatic carbocycles. The number of aromatic nitrogens is 4. The molecule has 51 heavy (non-hydrogen) atoms. The van der Waals surface area contributed by atoms with Crippen LogP contribution >= 0.6 is 0 Å². The lowest BCUT2D eigenvalue weighted by Crippen LogP contribution is -2.18. The minimum absolute atomic E-state index is 1.07. The van der Waals surface area contributed by atoms with E-state index >= 15 is 0 Å². The van der Waals surface area contributed by atoms with Gasteiger partial charge in [-0.3, -0.25) is 9.97 Å². The van der Waals surface area contributed by atoms with E-state index in [1.54, 1.807) is 0 Å². The van der Waals surface area contributed by atoms with Crippen LogP contribution in [0, 0.1) is 0 Å². The quantitative estimate of drug-likeness (QED) is 0.190. The van der Waals surface area contributed by atoms with Crippen LogP contribution in [0.2, 0.25) is 0 Å². The highest BCUT2D eigenvalue weighted by atomic mass is 15.2. The number of rotatable bonds is 4. The zero-order valence-electron chi connectivity index (χ0n) is 27.5. The maximum atomic E-state index is 4.46. The second-order valence-electron chi connectivity index (χ2n) is 13.1. The Morgan fingerprint density at radius 1 is 0.373 bits per heavy atom. The summed E-state index contributed by atoms with van der Waals surface area (Å²) in [5, 5.41) is 4.98. The summed E-state index contributed by atoms with van der Waals surface area (Å²) in [6, 6.07) is 54.7. The van der Waals surface area contributed by atoms with E-state index in [-0.39, 0.29) is 0 Å². The lowest BCUT2D eigenvalue weighted by Gasteiger charge is -2.33. The standard InChI is InChI=1S/C46H29N5/c1-2-13-34(14-3-1)49-39-17-5-4-15-38(39)44-42(49)22-21-37-36-16-8-20-43-45(36)51(46(37)44)41-19-7-6-18-40(41)50(43)35-26-32(30-11-9-23-47-28-30)25-33(27-35)31-12-10-24-48-29-31/h1-29H. The Bertz CT molecular complexity index is 2900. The number of pyridine rings is 2. The van der Waals surface area contributed by atoms with E-state index < -0.39 is 0 Å². The molecular formula is C46H29N5. The summed E-state index contributed by atoms with van der Waals surface area (Å²) >= 11 is 0. The van der Waals surface area contributed by atoms with Gasteiger partial charge in [-0.1, -0.05) is 78.9 Å². The summed E-state index contributed by atoms with van der Waals surface area (Å²) in [7, 11) is 0. The number of benzene rings is 6. The average Bonchev–Trinajstić information content (AvgIpc) is 3.73. The molecule has 0 spiro atoms. The molecule has 238 valence electrons. The van der Waals surface area contributed by atoms with E-state index in [1.165, 1.54) is 43.6 Å². The van der Waals surface area contributed by atoms with Crippen molar-refractivity contribution in [3.8, 4) is 33.6 Å². The third-order valence-electron chi connectivity index (χ3n) is 10.3. The number of hydrogen-bond acceptors (Lipinski definition) is 3. The summed E-state index contributed by atoms with van der Waals surface area (Å²) in [4.78, 5) is 11.4. The molecule has 0 unspecified atom stereocenters. The molecule has 0 N–H and O–H groups in total. The molecule has 5 heteroatoms. The monoisotopic (exact) mass is 651 g/mol. The maximum Gasteiger partial charge on any atom is 0.0783 e. The molecule has 4 aromatic heterocycles. The van der Waals surface area contributed by atoms with Gasteiger partial charge in [-0.15, -0.1) is 0 Å². The predicted molar refractivity (Wildman–Crippen MR) is 210 cm³/mol. The Hall–Kier alpha value is -6.98. The highest BCUT2D eigenvalue weighted by Crippen LogP contribution is 2.52. The molecule has 0 saturated carbocycles. The van der Waals surface area contributed by atoms with Crippen LogP contribution in [0.3, 0.4) is 0 Å². The highest BCUT2D eigenvalue weighted by Gasteiger charge is 2.30. The highest BCUT2D eigenvalue weighted by molar-refractivity contribution is 6.28. The Balaban J connectivity index is 1.25. The third kappa shape index (κ3) is 4.03. The van der Waals surface area contributed by atoms with Crippen molar-refractivity contribution in [1.29, 1.82) is 0 Å². The van der Waals surface area contributed by atoms with Crippen LogP contribution in [-0.2, 0) is 0 Å². The molecule has 5 heterocycles. The molecule has 0 radical (unpaired) electrons. The molecule has 0 amide bonds. The molecule has 6 aromatic carbocycles. The van der Waals surface area contributed by atoms with Gasteiger partial charge in [-0.05, 0) is 83.9 Å². The third-order valence-corrected chi connectivity index (χ3v) is 10.3. The second-order valence-corrected chi connectivity index (χ2v) is 13.1. The lowest BCUT2D eigenvalue weighted by molar-refractivity contribution is 1.12. The Morgan fingerprint density at radius 2 is 1.02 bits per heavy atom. The molecule has 0 fully saturated rings. The van der Waals surface area contributed by atoms with Crippen molar-refractivity contribution in [1.82, 2.24) is 19.1 Å². The van der Waals surface area contributed by atoms with Crippen molar-refractivity contribution in [2.24, 2.45) is 0 Å². The molecule has 5 nitrogen and oxygen atoms in total. The fourth-order valence-corrected chi connectivity index (χ4v) is 8.25.